The summed E-state index contributed by atoms with van der Waals surface area (Å²) in [4.78, 5) is 8.11. The van der Waals surface area contributed by atoms with E-state index in [1.54, 1.807) is 24.5 Å². The Hall–Kier alpha value is -1.41. The van der Waals surface area contributed by atoms with E-state index in [0.717, 1.165) is 0 Å². The molecular weight excluding hydrogens is 347 g/mol. The van der Waals surface area contributed by atoms with E-state index in [1.165, 1.54) is 16.4 Å². The van der Waals surface area contributed by atoms with Crippen LogP contribution in [0.5, 0.6) is 0 Å². The normalized spacial score (nSPS) is 16.3. The molecule has 22 heavy (non-hydrogen) atoms. The quantitative estimate of drug-likeness (QED) is 0.907. The number of benzene rings is 1. The van der Waals surface area contributed by atoms with Gasteiger partial charge >= 0.3 is 0 Å². The first-order valence-corrected chi connectivity index (χ1v) is 8.65. The highest BCUT2D eigenvalue weighted by molar-refractivity contribution is 7.89. The SMILES string of the molecule is O=S(=O)(c1cc(Cl)ccc1Cl)N1CC(Nc2ncccn2)C1. The van der Waals surface area contributed by atoms with Crippen molar-refractivity contribution in [2.75, 3.05) is 18.4 Å². The maximum absolute atomic E-state index is 12.5. The summed E-state index contributed by atoms with van der Waals surface area (Å²) in [5.41, 5.74) is 0. The summed E-state index contributed by atoms with van der Waals surface area (Å²) in [6.07, 6.45) is 3.24. The summed E-state index contributed by atoms with van der Waals surface area (Å²) in [7, 11) is -3.64. The van der Waals surface area contributed by atoms with Crippen LogP contribution in [0.25, 0.3) is 0 Å². The second-order valence-electron chi connectivity index (χ2n) is 4.81. The van der Waals surface area contributed by atoms with Gasteiger partial charge in [-0.2, -0.15) is 4.31 Å². The molecule has 3 rings (SSSR count). The molecule has 0 radical (unpaired) electrons. The van der Waals surface area contributed by atoms with Crippen molar-refractivity contribution in [3.05, 3.63) is 46.7 Å². The Balaban J connectivity index is 1.70. The molecule has 116 valence electrons. The highest BCUT2D eigenvalue weighted by Crippen LogP contribution is 2.30. The van der Waals surface area contributed by atoms with Crippen molar-refractivity contribution in [1.82, 2.24) is 14.3 Å². The number of nitrogens with zero attached hydrogens (tertiary/aromatic N) is 3. The van der Waals surface area contributed by atoms with Gasteiger partial charge in [-0.05, 0) is 24.3 Å². The van der Waals surface area contributed by atoms with Crippen molar-refractivity contribution in [3.8, 4) is 0 Å². The standard InChI is InChI=1S/C13H12Cl2N4O2S/c14-9-2-3-11(15)12(6-9)22(20,21)19-7-10(8-19)18-13-16-4-1-5-17-13/h1-6,10H,7-8H2,(H,16,17,18). The van der Waals surface area contributed by atoms with Gasteiger partial charge in [0.1, 0.15) is 4.90 Å². The highest BCUT2D eigenvalue weighted by atomic mass is 35.5. The van der Waals surface area contributed by atoms with E-state index in [9.17, 15) is 8.42 Å². The largest absolute Gasteiger partial charge is 0.349 e. The van der Waals surface area contributed by atoms with Crippen molar-refractivity contribution < 1.29 is 8.42 Å². The summed E-state index contributed by atoms with van der Waals surface area (Å²) < 4.78 is 26.4. The van der Waals surface area contributed by atoms with Crippen molar-refractivity contribution in [3.63, 3.8) is 0 Å². The fourth-order valence-electron chi connectivity index (χ4n) is 2.10. The Labute approximate surface area is 138 Å². The first-order valence-electron chi connectivity index (χ1n) is 6.45. The fourth-order valence-corrected chi connectivity index (χ4v) is 4.36. The molecule has 0 saturated carbocycles. The van der Waals surface area contributed by atoms with Crippen molar-refractivity contribution in [1.29, 1.82) is 0 Å². The van der Waals surface area contributed by atoms with Gasteiger partial charge in [-0.25, -0.2) is 18.4 Å². The maximum Gasteiger partial charge on any atom is 0.244 e. The molecule has 2 heterocycles. The Bertz CT molecular complexity index is 780. The maximum atomic E-state index is 12.5. The topological polar surface area (TPSA) is 75.2 Å². The van der Waals surface area contributed by atoms with Gasteiger partial charge in [-0.1, -0.05) is 23.2 Å². The molecule has 2 aromatic rings. The third-order valence-corrected chi connectivity index (χ3v) is 5.81. The predicted octanol–water partition coefficient (Wildman–Crippen LogP) is 2.27. The Kier molecular flexibility index (Phi) is 4.22. The second kappa shape index (κ2) is 6.00. The monoisotopic (exact) mass is 358 g/mol. The van der Waals surface area contributed by atoms with Gasteiger partial charge in [-0.15, -0.1) is 0 Å². The van der Waals surface area contributed by atoms with Gasteiger partial charge in [-0.3, -0.25) is 0 Å². The van der Waals surface area contributed by atoms with Gasteiger partial charge in [0, 0.05) is 30.5 Å². The molecule has 1 aromatic carbocycles. The van der Waals surface area contributed by atoms with Crippen LogP contribution in [0.1, 0.15) is 0 Å². The molecule has 1 N–H and O–H groups in total. The van der Waals surface area contributed by atoms with Crippen LogP contribution in [-0.2, 0) is 10.0 Å². The smallest absolute Gasteiger partial charge is 0.244 e. The number of anilines is 1. The van der Waals surface area contributed by atoms with Crippen molar-refractivity contribution in [2.24, 2.45) is 0 Å². The van der Waals surface area contributed by atoms with E-state index in [0.29, 0.717) is 24.1 Å². The minimum absolute atomic E-state index is 0.0241. The van der Waals surface area contributed by atoms with E-state index < -0.39 is 10.0 Å². The first kappa shape index (κ1) is 15.5. The summed E-state index contributed by atoms with van der Waals surface area (Å²) in [5, 5.41) is 3.56. The molecule has 0 spiro atoms. The number of hydrogen-bond acceptors (Lipinski definition) is 5. The molecule has 0 atom stereocenters. The average Bonchev–Trinajstić information content (AvgIpc) is 2.45. The van der Waals surface area contributed by atoms with E-state index in [-0.39, 0.29) is 16.0 Å². The molecule has 0 unspecified atom stereocenters. The lowest BCUT2D eigenvalue weighted by Crippen LogP contribution is -2.57. The minimum atomic E-state index is -3.64. The number of sulfonamides is 1. The third-order valence-electron chi connectivity index (χ3n) is 3.26. The molecule has 1 fully saturated rings. The van der Waals surface area contributed by atoms with E-state index in [4.69, 9.17) is 23.2 Å². The van der Waals surface area contributed by atoms with Gasteiger partial charge in [0.2, 0.25) is 16.0 Å². The van der Waals surface area contributed by atoms with Crippen LogP contribution in [0, 0.1) is 0 Å². The Morgan fingerprint density at radius 1 is 1.18 bits per heavy atom. The molecule has 0 aliphatic carbocycles. The zero-order valence-electron chi connectivity index (χ0n) is 11.3. The molecule has 1 saturated heterocycles. The molecule has 1 aliphatic heterocycles. The molecule has 0 bridgehead atoms. The van der Waals surface area contributed by atoms with E-state index >= 15 is 0 Å². The number of hydrogen-bond donors (Lipinski definition) is 1. The average molecular weight is 359 g/mol. The molecule has 6 nitrogen and oxygen atoms in total. The lowest BCUT2D eigenvalue weighted by Gasteiger charge is -2.38. The highest BCUT2D eigenvalue weighted by Gasteiger charge is 2.38. The summed E-state index contributed by atoms with van der Waals surface area (Å²) >= 11 is 11.8. The van der Waals surface area contributed by atoms with Gasteiger partial charge in [0.25, 0.3) is 0 Å². The van der Waals surface area contributed by atoms with Crippen LogP contribution in [0.3, 0.4) is 0 Å². The lowest BCUT2D eigenvalue weighted by atomic mass is 10.2. The van der Waals surface area contributed by atoms with Crippen LogP contribution in [0.15, 0.2) is 41.6 Å². The number of rotatable bonds is 4. The number of nitrogens with one attached hydrogen (secondary N) is 1. The number of halogens is 2. The number of aromatic nitrogens is 2. The van der Waals surface area contributed by atoms with Crippen LogP contribution in [0.4, 0.5) is 5.95 Å². The zero-order valence-corrected chi connectivity index (χ0v) is 13.6. The molecule has 9 heteroatoms. The van der Waals surface area contributed by atoms with E-state index in [2.05, 4.69) is 15.3 Å². The van der Waals surface area contributed by atoms with Crippen LogP contribution in [-0.4, -0.2) is 41.8 Å². The third kappa shape index (κ3) is 3.03. The van der Waals surface area contributed by atoms with Crippen LogP contribution >= 0.6 is 23.2 Å². The predicted molar refractivity (Wildman–Crippen MR) is 84.7 cm³/mol. The lowest BCUT2D eigenvalue weighted by molar-refractivity contribution is 0.280. The fraction of sp³-hybridized carbons (Fsp3) is 0.231. The van der Waals surface area contributed by atoms with Crippen LogP contribution < -0.4 is 5.32 Å². The molecule has 1 aromatic heterocycles. The van der Waals surface area contributed by atoms with Crippen molar-refractivity contribution >= 4 is 39.2 Å². The first-order chi connectivity index (χ1) is 10.5. The Morgan fingerprint density at radius 3 is 2.55 bits per heavy atom. The van der Waals surface area contributed by atoms with Gasteiger partial charge in [0.05, 0.1) is 11.1 Å². The van der Waals surface area contributed by atoms with Crippen molar-refractivity contribution in [2.45, 2.75) is 10.9 Å². The minimum Gasteiger partial charge on any atom is -0.349 e. The van der Waals surface area contributed by atoms with E-state index in [1.807, 2.05) is 0 Å². The molecular formula is C13H12Cl2N4O2S. The second-order valence-corrected chi connectivity index (χ2v) is 7.56. The molecule has 1 aliphatic rings. The van der Waals surface area contributed by atoms with Gasteiger partial charge in [0.15, 0.2) is 0 Å². The summed E-state index contributed by atoms with van der Waals surface area (Å²) in [6.45, 7) is 0.646. The van der Waals surface area contributed by atoms with Crippen LogP contribution in [0.2, 0.25) is 10.0 Å². The molecule has 0 amide bonds. The zero-order chi connectivity index (χ0) is 15.7. The summed E-state index contributed by atoms with van der Waals surface area (Å²) in [6, 6.07) is 6.07. The Morgan fingerprint density at radius 2 is 1.86 bits per heavy atom. The summed E-state index contributed by atoms with van der Waals surface area (Å²) in [5.74, 6) is 0.477. The van der Waals surface area contributed by atoms with Gasteiger partial charge < -0.3 is 5.32 Å².